The van der Waals surface area contributed by atoms with Crippen molar-refractivity contribution in [2.45, 2.75) is 19.6 Å². The molecule has 29 heavy (non-hydrogen) atoms. The third kappa shape index (κ3) is 5.35. The lowest BCUT2D eigenvalue weighted by Crippen LogP contribution is -2.30. The van der Waals surface area contributed by atoms with E-state index in [1.54, 1.807) is 11.4 Å². The number of hydrogen-bond donors (Lipinski definition) is 1. The van der Waals surface area contributed by atoms with Crippen LogP contribution in [0.4, 0.5) is 14.5 Å². The van der Waals surface area contributed by atoms with Crippen molar-refractivity contribution in [2.75, 3.05) is 5.32 Å². The minimum Gasteiger partial charge on any atom is -0.448 e. The van der Waals surface area contributed by atoms with Crippen LogP contribution < -0.4 is 10.1 Å². The van der Waals surface area contributed by atoms with Crippen molar-refractivity contribution >= 4 is 28.9 Å². The second kappa shape index (κ2) is 9.24. The summed E-state index contributed by atoms with van der Waals surface area (Å²) < 4.78 is 34.4. The summed E-state index contributed by atoms with van der Waals surface area (Å²) in [7, 11) is 0. The molecular weight excluding hydrogens is 402 g/mol. The molecule has 0 spiro atoms. The van der Waals surface area contributed by atoms with Crippen molar-refractivity contribution in [1.82, 2.24) is 4.98 Å². The van der Waals surface area contributed by atoms with Crippen LogP contribution in [-0.2, 0) is 9.53 Å². The van der Waals surface area contributed by atoms with E-state index in [9.17, 15) is 18.4 Å². The first kappa shape index (κ1) is 20.4. The molecule has 0 aliphatic heterocycles. The first-order valence-electron chi connectivity index (χ1n) is 8.50. The number of benzene rings is 2. The predicted molar refractivity (Wildman–Crippen MR) is 104 cm³/mol. The number of rotatable bonds is 7. The van der Waals surface area contributed by atoms with Crippen LogP contribution in [0.3, 0.4) is 0 Å². The molecule has 0 aliphatic carbocycles. The Bertz CT molecular complexity index is 995. The van der Waals surface area contributed by atoms with Crippen molar-refractivity contribution in [3.05, 3.63) is 65.7 Å². The van der Waals surface area contributed by atoms with Crippen molar-refractivity contribution < 1.29 is 27.8 Å². The number of halogens is 2. The number of amides is 1. The molecule has 0 aliphatic rings. The summed E-state index contributed by atoms with van der Waals surface area (Å²) in [4.78, 5) is 28.8. The van der Waals surface area contributed by atoms with Gasteiger partial charge >= 0.3 is 12.6 Å². The van der Waals surface area contributed by atoms with E-state index in [2.05, 4.69) is 15.0 Å². The molecule has 3 rings (SSSR count). The number of nitrogens with zero attached hydrogens (tertiary/aromatic N) is 1. The number of carbonyl (C=O) groups is 2. The summed E-state index contributed by atoms with van der Waals surface area (Å²) >= 11 is 1.28. The lowest BCUT2D eigenvalue weighted by molar-refractivity contribution is -0.123. The molecule has 1 amide bonds. The van der Waals surface area contributed by atoms with Gasteiger partial charge in [0.05, 0.1) is 5.69 Å². The number of carbonyl (C=O) groups excluding carboxylic acids is 2. The summed E-state index contributed by atoms with van der Waals surface area (Å²) in [5.41, 5.74) is 0.980. The fourth-order valence-corrected chi connectivity index (χ4v) is 3.15. The number of nitrogens with one attached hydrogen (secondary N) is 1. The van der Waals surface area contributed by atoms with Gasteiger partial charge in [0.2, 0.25) is 0 Å². The van der Waals surface area contributed by atoms with Crippen LogP contribution in [0.2, 0.25) is 0 Å². The molecule has 0 bridgehead atoms. The lowest BCUT2D eigenvalue weighted by Gasteiger charge is -2.15. The van der Waals surface area contributed by atoms with Gasteiger partial charge in [-0.05, 0) is 19.1 Å². The molecule has 0 saturated carbocycles. The maximum absolute atomic E-state index is 12.5. The summed E-state index contributed by atoms with van der Waals surface area (Å²) in [6, 6.07) is 15.0. The van der Waals surface area contributed by atoms with Crippen molar-refractivity contribution in [2.24, 2.45) is 0 Å². The van der Waals surface area contributed by atoms with Gasteiger partial charge in [-0.25, -0.2) is 9.78 Å². The van der Waals surface area contributed by atoms with Crippen LogP contribution in [-0.4, -0.2) is 29.6 Å². The predicted octanol–water partition coefficient (Wildman–Crippen LogP) is 4.60. The average molecular weight is 418 g/mol. The highest BCUT2D eigenvalue weighted by Gasteiger charge is 2.22. The molecule has 0 fully saturated rings. The van der Waals surface area contributed by atoms with E-state index in [0.29, 0.717) is 5.01 Å². The monoisotopic (exact) mass is 418 g/mol. The summed E-state index contributed by atoms with van der Waals surface area (Å²) in [5, 5.41) is 4.60. The maximum atomic E-state index is 12.5. The number of alkyl halides is 2. The number of thiazole rings is 1. The second-order valence-electron chi connectivity index (χ2n) is 5.82. The topological polar surface area (TPSA) is 77.5 Å². The Morgan fingerprint density at radius 3 is 2.48 bits per heavy atom. The zero-order valence-corrected chi connectivity index (χ0v) is 16.0. The van der Waals surface area contributed by atoms with E-state index < -0.39 is 24.6 Å². The summed E-state index contributed by atoms with van der Waals surface area (Å²) in [6.45, 7) is -1.67. The van der Waals surface area contributed by atoms with Crippen LogP contribution in [0, 0.1) is 0 Å². The highest BCUT2D eigenvalue weighted by Crippen LogP contribution is 2.26. The first-order valence-corrected chi connectivity index (χ1v) is 9.38. The Morgan fingerprint density at radius 2 is 1.76 bits per heavy atom. The van der Waals surface area contributed by atoms with E-state index in [1.165, 1.54) is 36.5 Å². The molecule has 2 aromatic carbocycles. The van der Waals surface area contributed by atoms with Gasteiger partial charge < -0.3 is 14.8 Å². The highest BCUT2D eigenvalue weighted by atomic mass is 32.1. The Kier molecular flexibility index (Phi) is 6.50. The molecule has 1 unspecified atom stereocenters. The smallest absolute Gasteiger partial charge is 0.387 e. The molecule has 3 aromatic rings. The molecule has 1 heterocycles. The quantitative estimate of drug-likeness (QED) is 0.568. The minimum atomic E-state index is -3.04. The Labute approximate surface area is 169 Å². The van der Waals surface area contributed by atoms with Crippen molar-refractivity contribution in [3.8, 4) is 16.3 Å². The van der Waals surface area contributed by atoms with E-state index in [0.717, 1.165) is 5.56 Å². The zero-order chi connectivity index (χ0) is 20.8. The fourth-order valence-electron chi connectivity index (χ4n) is 2.36. The van der Waals surface area contributed by atoms with Gasteiger partial charge in [0.1, 0.15) is 10.8 Å². The Balaban J connectivity index is 1.63. The summed E-state index contributed by atoms with van der Waals surface area (Å²) in [5.74, 6) is -1.65. The van der Waals surface area contributed by atoms with E-state index >= 15 is 0 Å². The maximum Gasteiger partial charge on any atom is 0.387 e. The third-order valence-electron chi connectivity index (χ3n) is 3.75. The molecule has 1 atom stereocenters. The fraction of sp³-hybridized carbons (Fsp3) is 0.150. The van der Waals surface area contributed by atoms with Gasteiger partial charge in [-0.15, -0.1) is 11.3 Å². The van der Waals surface area contributed by atoms with E-state index in [4.69, 9.17) is 4.74 Å². The largest absolute Gasteiger partial charge is 0.448 e. The SMILES string of the molecule is CC(OC(=O)c1csc(-c2ccccc2)n1)C(=O)Nc1ccccc1OC(F)F. The minimum absolute atomic E-state index is 0.0423. The van der Waals surface area contributed by atoms with Gasteiger partial charge in [0.15, 0.2) is 11.8 Å². The number of hydrogen-bond acceptors (Lipinski definition) is 6. The lowest BCUT2D eigenvalue weighted by atomic mass is 10.2. The van der Waals surface area contributed by atoms with Crippen LogP contribution in [0.15, 0.2) is 60.0 Å². The number of esters is 1. The third-order valence-corrected chi connectivity index (χ3v) is 4.64. The second-order valence-corrected chi connectivity index (χ2v) is 6.67. The normalized spacial score (nSPS) is 11.7. The first-order chi connectivity index (χ1) is 13.9. The molecular formula is C20H16F2N2O4S. The van der Waals surface area contributed by atoms with E-state index in [-0.39, 0.29) is 17.1 Å². The van der Waals surface area contributed by atoms with Gasteiger partial charge in [-0.3, -0.25) is 4.79 Å². The van der Waals surface area contributed by atoms with Crippen molar-refractivity contribution in [3.63, 3.8) is 0 Å². The molecule has 0 radical (unpaired) electrons. The Hall–Kier alpha value is -3.33. The average Bonchev–Trinajstić information content (AvgIpc) is 3.20. The summed E-state index contributed by atoms with van der Waals surface area (Å²) in [6.07, 6.45) is -1.18. The number of ether oxygens (including phenoxy) is 2. The van der Waals surface area contributed by atoms with Crippen molar-refractivity contribution in [1.29, 1.82) is 0 Å². The molecule has 9 heteroatoms. The van der Waals surface area contributed by atoms with E-state index in [1.807, 2.05) is 30.3 Å². The highest BCUT2D eigenvalue weighted by molar-refractivity contribution is 7.13. The number of anilines is 1. The number of para-hydroxylation sites is 2. The molecule has 1 aromatic heterocycles. The van der Waals surface area contributed by atoms with Crippen LogP contribution >= 0.6 is 11.3 Å². The molecule has 6 nitrogen and oxygen atoms in total. The van der Waals surface area contributed by atoms with Crippen LogP contribution in [0.5, 0.6) is 5.75 Å². The standard InChI is InChI=1S/C20H16F2N2O4S/c1-12(17(25)23-14-9-5-6-10-16(14)28-20(21)22)27-19(26)15-11-29-18(24-15)13-7-3-2-4-8-13/h2-12,20H,1H3,(H,23,25). The van der Waals surface area contributed by atoms with Crippen LogP contribution in [0.1, 0.15) is 17.4 Å². The zero-order valence-electron chi connectivity index (χ0n) is 15.2. The molecule has 150 valence electrons. The van der Waals surface area contributed by atoms with Gasteiger partial charge in [-0.1, -0.05) is 42.5 Å². The molecule has 0 saturated heterocycles. The van der Waals surface area contributed by atoms with Gasteiger partial charge in [0, 0.05) is 10.9 Å². The van der Waals surface area contributed by atoms with Gasteiger partial charge in [-0.2, -0.15) is 8.78 Å². The number of aromatic nitrogens is 1. The van der Waals surface area contributed by atoms with Crippen LogP contribution in [0.25, 0.3) is 10.6 Å². The Morgan fingerprint density at radius 1 is 1.07 bits per heavy atom. The van der Waals surface area contributed by atoms with Gasteiger partial charge in [0.25, 0.3) is 5.91 Å². The molecule has 1 N–H and O–H groups in total.